The van der Waals surface area contributed by atoms with Crippen molar-refractivity contribution in [2.45, 2.75) is 13.5 Å². The average molecular weight is 394 g/mol. The van der Waals surface area contributed by atoms with Gasteiger partial charge in [-0.3, -0.25) is 4.79 Å². The third-order valence-corrected chi connectivity index (χ3v) is 3.99. The van der Waals surface area contributed by atoms with Crippen LogP contribution in [-0.4, -0.2) is 29.0 Å². The molecule has 0 bridgehead atoms. The fraction of sp³-hybridized carbons (Fsp3) is 0.143. The van der Waals surface area contributed by atoms with Crippen molar-refractivity contribution in [3.05, 3.63) is 82.9 Å². The second-order valence-corrected chi connectivity index (χ2v) is 6.22. The van der Waals surface area contributed by atoms with Gasteiger partial charge in [0.2, 0.25) is 5.95 Å². The zero-order chi connectivity index (χ0) is 20.8. The summed E-state index contributed by atoms with van der Waals surface area (Å²) in [5.41, 5.74) is 2.39. The average Bonchev–Trinajstić information content (AvgIpc) is 2.72. The van der Waals surface area contributed by atoms with Crippen molar-refractivity contribution in [3.8, 4) is 0 Å². The van der Waals surface area contributed by atoms with Crippen LogP contribution in [0.2, 0.25) is 0 Å². The van der Waals surface area contributed by atoms with E-state index < -0.39 is 11.9 Å². The number of methoxy groups -OCH3 is 1. The fourth-order valence-electron chi connectivity index (χ4n) is 2.58. The number of amides is 1. The van der Waals surface area contributed by atoms with Crippen LogP contribution in [0.25, 0.3) is 0 Å². The Morgan fingerprint density at radius 3 is 2.55 bits per heavy atom. The third kappa shape index (κ3) is 5.35. The monoisotopic (exact) mass is 394 g/mol. The summed E-state index contributed by atoms with van der Waals surface area (Å²) in [6.07, 6.45) is 0. The molecule has 2 N–H and O–H groups in total. The molecule has 0 spiro atoms. The predicted molar refractivity (Wildman–Crippen MR) is 106 cm³/mol. The van der Waals surface area contributed by atoms with E-state index in [1.54, 1.807) is 43.3 Å². The quantitative estimate of drug-likeness (QED) is 0.621. The number of carbonyl (C=O) groups is 2. The van der Waals surface area contributed by atoms with Crippen LogP contribution in [-0.2, 0) is 11.3 Å². The van der Waals surface area contributed by atoms with Crippen molar-refractivity contribution in [2.75, 3.05) is 17.7 Å². The fourth-order valence-corrected chi connectivity index (χ4v) is 2.58. The highest BCUT2D eigenvalue weighted by atomic mass is 19.1. The number of nitrogens with one attached hydrogen (secondary N) is 2. The minimum absolute atomic E-state index is 0.169. The Labute approximate surface area is 167 Å². The number of nitrogens with zero attached hydrogens (tertiary/aromatic N) is 2. The van der Waals surface area contributed by atoms with Crippen LogP contribution in [0.15, 0.2) is 54.6 Å². The first-order valence-corrected chi connectivity index (χ1v) is 8.78. The van der Waals surface area contributed by atoms with Crippen molar-refractivity contribution in [1.82, 2.24) is 9.97 Å². The lowest BCUT2D eigenvalue weighted by molar-refractivity contribution is 0.0600. The molecule has 0 saturated carbocycles. The molecule has 1 aromatic heterocycles. The SMILES string of the molecule is COC(=O)c1cccc(NC(=O)c2cc(C)nc(NCc3ccc(F)cc3)n2)c1. The zero-order valence-electron chi connectivity index (χ0n) is 15.9. The van der Waals surface area contributed by atoms with Gasteiger partial charge in [0.25, 0.3) is 5.91 Å². The number of benzene rings is 2. The maximum Gasteiger partial charge on any atom is 0.337 e. The van der Waals surface area contributed by atoms with E-state index in [0.29, 0.717) is 23.5 Å². The molecular formula is C21H19FN4O3. The number of esters is 1. The second-order valence-electron chi connectivity index (χ2n) is 6.22. The lowest BCUT2D eigenvalue weighted by Crippen LogP contribution is -2.16. The number of ether oxygens (including phenoxy) is 1. The standard InChI is InChI=1S/C21H19FN4O3/c1-13-10-18(19(27)25-17-5-3-4-15(11-17)20(28)29-2)26-21(24-13)23-12-14-6-8-16(22)9-7-14/h3-11H,12H2,1-2H3,(H,25,27)(H,23,24,26). The minimum atomic E-state index is -0.494. The molecule has 148 valence electrons. The number of halogens is 1. The smallest absolute Gasteiger partial charge is 0.337 e. The Kier molecular flexibility index (Phi) is 6.13. The molecule has 0 aliphatic rings. The molecule has 1 heterocycles. The number of rotatable bonds is 6. The first kappa shape index (κ1) is 19.9. The predicted octanol–water partition coefficient (Wildman–Crippen LogP) is 3.58. The van der Waals surface area contributed by atoms with Crippen molar-refractivity contribution >= 4 is 23.5 Å². The van der Waals surface area contributed by atoms with E-state index in [4.69, 9.17) is 0 Å². The van der Waals surface area contributed by atoms with E-state index in [0.717, 1.165) is 5.56 Å². The normalized spacial score (nSPS) is 10.3. The molecule has 1 amide bonds. The Balaban J connectivity index is 1.72. The second kappa shape index (κ2) is 8.92. The van der Waals surface area contributed by atoms with Crippen LogP contribution in [0.4, 0.5) is 16.0 Å². The lowest BCUT2D eigenvalue weighted by Gasteiger charge is -2.10. The Morgan fingerprint density at radius 2 is 1.83 bits per heavy atom. The number of anilines is 2. The first-order valence-electron chi connectivity index (χ1n) is 8.78. The van der Waals surface area contributed by atoms with Crippen LogP contribution < -0.4 is 10.6 Å². The summed E-state index contributed by atoms with van der Waals surface area (Å²) < 4.78 is 17.7. The summed E-state index contributed by atoms with van der Waals surface area (Å²) in [5, 5.41) is 5.73. The van der Waals surface area contributed by atoms with E-state index in [1.165, 1.54) is 25.3 Å². The third-order valence-electron chi connectivity index (χ3n) is 3.99. The van der Waals surface area contributed by atoms with Crippen molar-refractivity contribution in [1.29, 1.82) is 0 Å². The van der Waals surface area contributed by atoms with Gasteiger partial charge in [0.15, 0.2) is 0 Å². The van der Waals surface area contributed by atoms with Gasteiger partial charge in [0.1, 0.15) is 11.5 Å². The van der Waals surface area contributed by atoms with Gasteiger partial charge in [0.05, 0.1) is 12.7 Å². The van der Waals surface area contributed by atoms with Crippen molar-refractivity contribution in [2.24, 2.45) is 0 Å². The topological polar surface area (TPSA) is 93.2 Å². The van der Waals surface area contributed by atoms with Crippen LogP contribution in [0, 0.1) is 12.7 Å². The molecular weight excluding hydrogens is 375 g/mol. The lowest BCUT2D eigenvalue weighted by atomic mass is 10.2. The Bertz CT molecular complexity index is 1040. The first-order chi connectivity index (χ1) is 13.9. The summed E-state index contributed by atoms with van der Waals surface area (Å²) in [6.45, 7) is 2.13. The summed E-state index contributed by atoms with van der Waals surface area (Å²) in [7, 11) is 1.29. The highest BCUT2D eigenvalue weighted by Gasteiger charge is 2.13. The van der Waals surface area contributed by atoms with E-state index >= 15 is 0 Å². The number of carbonyl (C=O) groups excluding carboxylic acids is 2. The van der Waals surface area contributed by atoms with Gasteiger partial charge in [0, 0.05) is 17.9 Å². The van der Waals surface area contributed by atoms with Crippen LogP contribution >= 0.6 is 0 Å². The maximum atomic E-state index is 13.0. The zero-order valence-corrected chi connectivity index (χ0v) is 15.9. The molecule has 0 aliphatic carbocycles. The molecule has 3 rings (SSSR count). The van der Waals surface area contributed by atoms with Crippen molar-refractivity contribution < 1.29 is 18.7 Å². The molecule has 0 radical (unpaired) electrons. The maximum absolute atomic E-state index is 13.0. The highest BCUT2D eigenvalue weighted by Crippen LogP contribution is 2.14. The van der Waals surface area contributed by atoms with Gasteiger partial charge >= 0.3 is 5.97 Å². The summed E-state index contributed by atoms with van der Waals surface area (Å²) in [5.74, 6) is -0.966. The van der Waals surface area contributed by atoms with Crippen molar-refractivity contribution in [3.63, 3.8) is 0 Å². The summed E-state index contributed by atoms with van der Waals surface area (Å²) in [4.78, 5) is 32.7. The van der Waals surface area contributed by atoms with E-state index in [9.17, 15) is 14.0 Å². The molecule has 0 aliphatic heterocycles. The largest absolute Gasteiger partial charge is 0.465 e. The number of aromatic nitrogens is 2. The molecule has 3 aromatic rings. The number of aryl methyl sites for hydroxylation is 1. The van der Waals surface area contributed by atoms with Gasteiger partial charge in [-0.1, -0.05) is 18.2 Å². The molecule has 29 heavy (non-hydrogen) atoms. The number of hydrogen-bond donors (Lipinski definition) is 2. The number of hydrogen-bond acceptors (Lipinski definition) is 6. The van der Waals surface area contributed by atoms with Gasteiger partial charge in [-0.25, -0.2) is 19.2 Å². The highest BCUT2D eigenvalue weighted by molar-refractivity contribution is 6.03. The van der Waals surface area contributed by atoms with E-state index in [2.05, 4.69) is 25.3 Å². The molecule has 2 aromatic carbocycles. The molecule has 8 heteroatoms. The molecule has 0 saturated heterocycles. The Morgan fingerprint density at radius 1 is 1.07 bits per heavy atom. The molecule has 0 fully saturated rings. The minimum Gasteiger partial charge on any atom is -0.465 e. The van der Waals surface area contributed by atoms with E-state index in [-0.39, 0.29) is 17.5 Å². The van der Waals surface area contributed by atoms with Gasteiger partial charge in [-0.15, -0.1) is 0 Å². The van der Waals surface area contributed by atoms with Crippen LogP contribution in [0.3, 0.4) is 0 Å². The summed E-state index contributed by atoms with van der Waals surface area (Å²) >= 11 is 0. The van der Waals surface area contributed by atoms with Gasteiger partial charge in [-0.2, -0.15) is 0 Å². The van der Waals surface area contributed by atoms with E-state index in [1.807, 2.05) is 0 Å². The van der Waals surface area contributed by atoms with Crippen LogP contribution in [0.1, 0.15) is 32.1 Å². The molecule has 0 unspecified atom stereocenters. The molecule has 7 nitrogen and oxygen atoms in total. The summed E-state index contributed by atoms with van der Waals surface area (Å²) in [6, 6.07) is 14.0. The Hall–Kier alpha value is -3.81. The molecule has 0 atom stereocenters. The van der Waals surface area contributed by atoms with Gasteiger partial charge < -0.3 is 15.4 Å². The van der Waals surface area contributed by atoms with Crippen LogP contribution in [0.5, 0.6) is 0 Å². The van der Waals surface area contributed by atoms with Gasteiger partial charge in [-0.05, 0) is 48.9 Å².